The molecule has 0 radical (unpaired) electrons. The minimum Gasteiger partial charge on any atom is -0.387 e. The van der Waals surface area contributed by atoms with Crippen molar-refractivity contribution in [1.29, 1.82) is 0 Å². The van der Waals surface area contributed by atoms with Crippen molar-refractivity contribution >= 4 is 11.8 Å². The van der Waals surface area contributed by atoms with Crippen molar-refractivity contribution in [2.75, 3.05) is 6.54 Å². The van der Waals surface area contributed by atoms with Crippen molar-refractivity contribution in [3.05, 3.63) is 12.3 Å². The van der Waals surface area contributed by atoms with Crippen LogP contribution in [0.3, 0.4) is 0 Å². The lowest BCUT2D eigenvalue weighted by Crippen LogP contribution is -2.51. The van der Waals surface area contributed by atoms with E-state index in [1.807, 2.05) is 13.0 Å². The van der Waals surface area contributed by atoms with E-state index in [1.165, 1.54) is 83.5 Å². The number of hydrogen-bond donors (Lipinski definition) is 1. The molecule has 1 atom stereocenters. The molecule has 0 saturated carbocycles. The van der Waals surface area contributed by atoms with Gasteiger partial charge < -0.3 is 5.11 Å². The largest absolute Gasteiger partial charge is 0.387 e. The van der Waals surface area contributed by atoms with E-state index in [0.29, 0.717) is 19.3 Å². The second kappa shape index (κ2) is 16.7. The Labute approximate surface area is 185 Å². The standard InChI is InChI=1S/C26H48NO3/c1-3-5-6-7-8-9-10-11-12-13-14-15-16-17-18-19-22-27(23-24(28)4-2)25(29)20-21-26(27)30/h19,22,24,28H,3-18,20-21,23H2,1-2H3/q+1. The molecule has 4 nitrogen and oxygen atoms in total. The van der Waals surface area contributed by atoms with Gasteiger partial charge in [-0.3, -0.25) is 0 Å². The highest BCUT2D eigenvalue weighted by Crippen LogP contribution is 2.25. The highest BCUT2D eigenvalue weighted by molar-refractivity contribution is 5.92. The summed E-state index contributed by atoms with van der Waals surface area (Å²) < 4.78 is -0.270. The summed E-state index contributed by atoms with van der Waals surface area (Å²) in [5, 5.41) is 10.0. The van der Waals surface area contributed by atoms with Gasteiger partial charge in [0.15, 0.2) is 0 Å². The van der Waals surface area contributed by atoms with E-state index in [9.17, 15) is 14.7 Å². The number of quaternary nitrogens is 1. The third-order valence-electron chi connectivity index (χ3n) is 6.50. The second-order valence-electron chi connectivity index (χ2n) is 9.17. The van der Waals surface area contributed by atoms with Crippen LogP contribution >= 0.6 is 0 Å². The van der Waals surface area contributed by atoms with E-state index in [0.717, 1.165) is 12.8 Å². The van der Waals surface area contributed by atoms with Gasteiger partial charge in [-0.15, -0.1) is 0 Å². The van der Waals surface area contributed by atoms with Crippen molar-refractivity contribution in [2.45, 2.75) is 136 Å². The quantitative estimate of drug-likeness (QED) is 0.141. The predicted octanol–water partition coefficient (Wildman–Crippen LogP) is 6.81. The Balaban J connectivity index is 2.06. The van der Waals surface area contributed by atoms with E-state index >= 15 is 0 Å². The first-order valence-corrected chi connectivity index (χ1v) is 12.9. The van der Waals surface area contributed by atoms with Crippen LogP contribution in [0.1, 0.15) is 129 Å². The van der Waals surface area contributed by atoms with Crippen LogP contribution in [-0.2, 0) is 9.59 Å². The molecule has 1 unspecified atom stereocenters. The zero-order valence-corrected chi connectivity index (χ0v) is 19.9. The van der Waals surface area contributed by atoms with Gasteiger partial charge in [0.05, 0.1) is 12.8 Å². The number of nitrogens with zero attached hydrogens (tertiary/aromatic N) is 1. The molecule has 4 heteroatoms. The Hall–Kier alpha value is -1.00. The molecule has 174 valence electrons. The van der Waals surface area contributed by atoms with Crippen LogP contribution in [0, 0.1) is 0 Å². The van der Waals surface area contributed by atoms with E-state index in [2.05, 4.69) is 6.92 Å². The molecule has 0 aromatic heterocycles. The maximum absolute atomic E-state index is 12.3. The highest BCUT2D eigenvalue weighted by atomic mass is 16.3. The average Bonchev–Trinajstić information content (AvgIpc) is 3.01. The molecular weight excluding hydrogens is 374 g/mol. The Morgan fingerprint density at radius 1 is 0.767 bits per heavy atom. The number of likely N-dealkylation sites (tertiary alicyclic amines) is 1. The van der Waals surface area contributed by atoms with E-state index in [-0.39, 0.29) is 22.8 Å². The van der Waals surface area contributed by atoms with Crippen molar-refractivity contribution < 1.29 is 19.2 Å². The maximum atomic E-state index is 12.3. The SMILES string of the molecule is CCCCCCCCCCCCCCCCC=C[N+]1(CC(O)CC)C(=O)CCC1=O. The summed E-state index contributed by atoms with van der Waals surface area (Å²) in [5.74, 6) is -0.130. The number of aliphatic hydroxyl groups is 1. The molecule has 0 aliphatic carbocycles. The summed E-state index contributed by atoms with van der Waals surface area (Å²) in [5.41, 5.74) is 0. The molecule has 30 heavy (non-hydrogen) atoms. The van der Waals surface area contributed by atoms with Crippen LogP contribution in [0.15, 0.2) is 12.3 Å². The van der Waals surface area contributed by atoms with Gasteiger partial charge in [0.2, 0.25) is 0 Å². The second-order valence-corrected chi connectivity index (χ2v) is 9.17. The summed E-state index contributed by atoms with van der Waals surface area (Å²) in [4.78, 5) is 24.7. The zero-order valence-electron chi connectivity index (χ0n) is 19.9. The van der Waals surface area contributed by atoms with Crippen LogP contribution in [0.4, 0.5) is 0 Å². The summed E-state index contributed by atoms with van der Waals surface area (Å²) in [6.45, 7) is 4.35. The van der Waals surface area contributed by atoms with Crippen molar-refractivity contribution in [2.24, 2.45) is 0 Å². The molecule has 1 N–H and O–H groups in total. The lowest BCUT2D eigenvalue weighted by molar-refractivity contribution is -0.724. The van der Waals surface area contributed by atoms with Gasteiger partial charge in [-0.2, -0.15) is 4.48 Å². The molecule has 1 aliphatic rings. The number of amides is 2. The van der Waals surface area contributed by atoms with E-state index in [4.69, 9.17) is 0 Å². The third-order valence-corrected chi connectivity index (χ3v) is 6.50. The Kier molecular flexibility index (Phi) is 15.0. The molecule has 1 fully saturated rings. The number of aliphatic hydroxyl groups excluding tert-OH is 1. The highest BCUT2D eigenvalue weighted by Gasteiger charge is 2.49. The minimum atomic E-state index is -0.610. The predicted molar refractivity (Wildman–Crippen MR) is 125 cm³/mol. The molecular formula is C26H48NO3+. The number of rotatable bonds is 19. The van der Waals surface area contributed by atoms with Crippen LogP contribution in [0.25, 0.3) is 0 Å². The fourth-order valence-corrected chi connectivity index (χ4v) is 4.36. The number of imide groups is 1. The van der Waals surface area contributed by atoms with Gasteiger partial charge in [0.1, 0.15) is 18.8 Å². The number of carbonyl (C=O) groups excluding carboxylic acids is 2. The Morgan fingerprint density at radius 2 is 1.20 bits per heavy atom. The fraction of sp³-hybridized carbons (Fsp3) is 0.846. The Bertz CT molecular complexity index is 485. The third kappa shape index (κ3) is 10.3. The number of allylic oxidation sites excluding steroid dienone is 1. The molecule has 0 aromatic carbocycles. The van der Waals surface area contributed by atoms with Gasteiger partial charge in [-0.05, 0) is 25.3 Å². The zero-order chi connectivity index (χ0) is 22.1. The van der Waals surface area contributed by atoms with E-state index < -0.39 is 6.10 Å². The van der Waals surface area contributed by atoms with E-state index in [1.54, 1.807) is 6.20 Å². The number of unbranched alkanes of at least 4 members (excludes halogenated alkanes) is 14. The normalized spacial score (nSPS) is 17.3. The lowest BCUT2D eigenvalue weighted by atomic mass is 10.0. The van der Waals surface area contributed by atoms with Gasteiger partial charge in [-0.25, -0.2) is 9.59 Å². The number of hydrogen-bond acceptors (Lipinski definition) is 3. The molecule has 1 heterocycles. The molecule has 1 rings (SSSR count). The van der Waals surface area contributed by atoms with Crippen LogP contribution in [0.5, 0.6) is 0 Å². The summed E-state index contributed by atoms with van der Waals surface area (Å²) in [6, 6.07) is 0. The molecule has 1 saturated heterocycles. The summed E-state index contributed by atoms with van der Waals surface area (Å²) >= 11 is 0. The van der Waals surface area contributed by atoms with Crippen molar-refractivity contribution in [3.8, 4) is 0 Å². The minimum absolute atomic E-state index is 0.0651. The van der Waals surface area contributed by atoms with Crippen molar-refractivity contribution in [1.82, 2.24) is 0 Å². The molecule has 2 amide bonds. The molecule has 0 aromatic rings. The van der Waals surface area contributed by atoms with Crippen LogP contribution in [0.2, 0.25) is 0 Å². The monoisotopic (exact) mass is 422 g/mol. The average molecular weight is 423 g/mol. The first-order chi connectivity index (χ1) is 14.6. The van der Waals surface area contributed by atoms with Gasteiger partial charge >= 0.3 is 11.8 Å². The fourth-order valence-electron chi connectivity index (χ4n) is 4.36. The van der Waals surface area contributed by atoms with Crippen LogP contribution < -0.4 is 0 Å². The molecule has 1 aliphatic heterocycles. The first-order valence-electron chi connectivity index (χ1n) is 12.9. The molecule has 0 bridgehead atoms. The summed E-state index contributed by atoms with van der Waals surface area (Å²) in [7, 11) is 0. The smallest absolute Gasteiger partial charge is 0.326 e. The lowest BCUT2D eigenvalue weighted by Gasteiger charge is -2.26. The molecule has 0 spiro atoms. The maximum Gasteiger partial charge on any atom is 0.326 e. The first kappa shape index (κ1) is 27.0. The summed E-state index contributed by atoms with van der Waals surface area (Å²) in [6.07, 6.45) is 24.0. The van der Waals surface area contributed by atoms with Crippen LogP contribution in [-0.4, -0.2) is 34.1 Å². The number of carbonyl (C=O) groups is 2. The topological polar surface area (TPSA) is 54.4 Å². The van der Waals surface area contributed by atoms with Crippen molar-refractivity contribution in [3.63, 3.8) is 0 Å². The Morgan fingerprint density at radius 3 is 1.63 bits per heavy atom. The van der Waals surface area contributed by atoms with Gasteiger partial charge in [0.25, 0.3) is 0 Å². The van der Waals surface area contributed by atoms with Gasteiger partial charge in [0, 0.05) is 0 Å². The van der Waals surface area contributed by atoms with Gasteiger partial charge in [-0.1, -0.05) is 97.3 Å².